The molecule has 1 N–H and O–H groups in total. The van der Waals surface area contributed by atoms with Gasteiger partial charge in [0.15, 0.2) is 17.4 Å². The number of phenolic OH excluding ortho intramolecular Hbond substituents is 1. The van der Waals surface area contributed by atoms with Gasteiger partial charge in [-0.05, 0) is 13.0 Å². The third-order valence-electron chi connectivity index (χ3n) is 1.79. The van der Waals surface area contributed by atoms with Crippen molar-refractivity contribution in [2.45, 2.75) is 13.3 Å². The second-order valence-electron chi connectivity index (χ2n) is 2.85. The van der Waals surface area contributed by atoms with E-state index >= 15 is 0 Å². The van der Waals surface area contributed by atoms with Crippen LogP contribution in [-0.4, -0.2) is 17.7 Å². The number of esters is 1. The fraction of sp³-hybridized carbons (Fsp3) is 0.300. The molecule has 0 radical (unpaired) electrons. The van der Waals surface area contributed by atoms with E-state index in [4.69, 9.17) is 5.11 Å². The van der Waals surface area contributed by atoms with Crippen LogP contribution in [0, 0.1) is 11.6 Å². The maximum Gasteiger partial charge on any atom is 0.310 e. The van der Waals surface area contributed by atoms with Crippen LogP contribution in [0.25, 0.3) is 0 Å². The molecule has 82 valence electrons. The highest BCUT2D eigenvalue weighted by molar-refractivity contribution is 5.72. The molecule has 0 saturated carbocycles. The minimum Gasteiger partial charge on any atom is -0.503 e. The molecule has 0 aliphatic rings. The second-order valence-corrected chi connectivity index (χ2v) is 2.85. The van der Waals surface area contributed by atoms with Crippen LogP contribution in [0.3, 0.4) is 0 Å². The average Bonchev–Trinajstić information content (AvgIpc) is 2.20. The number of benzene rings is 1. The van der Waals surface area contributed by atoms with E-state index in [0.29, 0.717) is 0 Å². The molecule has 0 fully saturated rings. The summed E-state index contributed by atoms with van der Waals surface area (Å²) in [6.45, 7) is 1.81. The summed E-state index contributed by atoms with van der Waals surface area (Å²) < 4.78 is 30.4. The maximum atomic E-state index is 13.2. The largest absolute Gasteiger partial charge is 0.503 e. The Balaban J connectivity index is 2.87. The molecule has 0 saturated heterocycles. The molecule has 0 spiro atoms. The Hall–Kier alpha value is -1.65. The van der Waals surface area contributed by atoms with Crippen LogP contribution in [0.2, 0.25) is 0 Å². The topological polar surface area (TPSA) is 46.5 Å². The Kier molecular flexibility index (Phi) is 3.60. The molecular weight excluding hydrogens is 206 g/mol. The first kappa shape index (κ1) is 11.4. The Morgan fingerprint density at radius 3 is 2.73 bits per heavy atom. The van der Waals surface area contributed by atoms with Crippen molar-refractivity contribution in [3.63, 3.8) is 0 Å². The lowest BCUT2D eigenvalue weighted by molar-refractivity contribution is -0.142. The van der Waals surface area contributed by atoms with Crippen LogP contribution in [0.15, 0.2) is 12.1 Å². The van der Waals surface area contributed by atoms with Crippen LogP contribution in [0.4, 0.5) is 8.78 Å². The minimum absolute atomic E-state index is 0.0904. The fourth-order valence-corrected chi connectivity index (χ4v) is 1.09. The molecular formula is C10H10F2O3. The summed E-state index contributed by atoms with van der Waals surface area (Å²) in [4.78, 5) is 11.0. The van der Waals surface area contributed by atoms with Crippen molar-refractivity contribution < 1.29 is 23.4 Å². The summed E-state index contributed by atoms with van der Waals surface area (Å²) in [6.07, 6.45) is -0.326. The van der Waals surface area contributed by atoms with Gasteiger partial charge in [0.1, 0.15) is 0 Å². The number of halogens is 2. The van der Waals surface area contributed by atoms with Crippen LogP contribution >= 0.6 is 0 Å². The number of aromatic hydroxyl groups is 1. The van der Waals surface area contributed by atoms with Gasteiger partial charge in [-0.3, -0.25) is 4.79 Å². The van der Waals surface area contributed by atoms with Gasteiger partial charge in [0.2, 0.25) is 0 Å². The molecule has 1 aromatic rings. The SMILES string of the molecule is CCOC(=O)Cc1ccc(F)c(O)c1F. The van der Waals surface area contributed by atoms with E-state index < -0.39 is 23.4 Å². The van der Waals surface area contributed by atoms with Crippen molar-refractivity contribution in [2.75, 3.05) is 6.61 Å². The number of carbonyl (C=O) groups is 1. The molecule has 0 aromatic heterocycles. The molecule has 1 aromatic carbocycles. The van der Waals surface area contributed by atoms with Gasteiger partial charge >= 0.3 is 5.97 Å². The lowest BCUT2D eigenvalue weighted by Gasteiger charge is -2.05. The van der Waals surface area contributed by atoms with Gasteiger partial charge in [0, 0.05) is 5.56 Å². The third kappa shape index (κ3) is 2.65. The molecule has 0 amide bonds. The summed E-state index contributed by atoms with van der Waals surface area (Å²) in [5.74, 6) is -3.87. The molecule has 0 unspecified atom stereocenters. The van der Waals surface area contributed by atoms with Gasteiger partial charge in [-0.2, -0.15) is 0 Å². The summed E-state index contributed by atoms with van der Waals surface area (Å²) in [6, 6.07) is 1.99. The normalized spacial score (nSPS) is 10.1. The zero-order chi connectivity index (χ0) is 11.4. The monoisotopic (exact) mass is 216 g/mol. The van der Waals surface area contributed by atoms with Gasteiger partial charge < -0.3 is 9.84 Å². The van der Waals surface area contributed by atoms with Crippen molar-refractivity contribution in [1.82, 2.24) is 0 Å². The predicted molar refractivity (Wildman–Crippen MR) is 48.4 cm³/mol. The smallest absolute Gasteiger partial charge is 0.310 e. The maximum absolute atomic E-state index is 13.2. The van der Waals surface area contributed by atoms with Crippen LogP contribution in [0.1, 0.15) is 12.5 Å². The van der Waals surface area contributed by atoms with Crippen molar-refractivity contribution in [3.8, 4) is 5.75 Å². The minimum atomic E-state index is -1.12. The van der Waals surface area contributed by atoms with Crippen molar-refractivity contribution in [2.24, 2.45) is 0 Å². The van der Waals surface area contributed by atoms with E-state index in [-0.39, 0.29) is 18.6 Å². The van der Waals surface area contributed by atoms with Crippen molar-refractivity contribution >= 4 is 5.97 Å². The van der Waals surface area contributed by atoms with Crippen LogP contribution in [0.5, 0.6) is 5.75 Å². The summed E-state index contributed by atoms with van der Waals surface area (Å²) in [5.41, 5.74) is -0.0904. The molecule has 0 bridgehead atoms. The highest BCUT2D eigenvalue weighted by atomic mass is 19.1. The standard InChI is InChI=1S/C10H10F2O3/c1-2-15-8(13)5-6-3-4-7(11)10(14)9(6)12/h3-4,14H,2,5H2,1H3. The highest BCUT2D eigenvalue weighted by Gasteiger charge is 2.15. The van der Waals surface area contributed by atoms with E-state index in [9.17, 15) is 13.6 Å². The first-order valence-corrected chi connectivity index (χ1v) is 4.37. The number of ether oxygens (including phenoxy) is 1. The van der Waals surface area contributed by atoms with Crippen LogP contribution in [-0.2, 0) is 16.0 Å². The van der Waals surface area contributed by atoms with Crippen molar-refractivity contribution in [3.05, 3.63) is 29.3 Å². The number of rotatable bonds is 3. The molecule has 0 aliphatic heterocycles. The number of hydrogen-bond acceptors (Lipinski definition) is 3. The summed E-state index contributed by atoms with van der Waals surface area (Å²) >= 11 is 0. The summed E-state index contributed by atoms with van der Waals surface area (Å²) in [7, 11) is 0. The second kappa shape index (κ2) is 4.72. The molecule has 1 rings (SSSR count). The van der Waals surface area contributed by atoms with E-state index in [1.807, 2.05) is 0 Å². The lowest BCUT2D eigenvalue weighted by atomic mass is 10.1. The quantitative estimate of drug-likeness (QED) is 0.783. The van der Waals surface area contributed by atoms with E-state index in [0.717, 1.165) is 12.1 Å². The Morgan fingerprint density at radius 2 is 2.13 bits per heavy atom. The first-order valence-electron chi connectivity index (χ1n) is 4.37. The van der Waals surface area contributed by atoms with Gasteiger partial charge in [-0.1, -0.05) is 6.07 Å². The highest BCUT2D eigenvalue weighted by Crippen LogP contribution is 2.23. The van der Waals surface area contributed by atoms with Gasteiger partial charge in [-0.25, -0.2) is 8.78 Å². The van der Waals surface area contributed by atoms with Gasteiger partial charge in [-0.15, -0.1) is 0 Å². The predicted octanol–water partition coefficient (Wildman–Crippen LogP) is 1.78. The van der Waals surface area contributed by atoms with Crippen molar-refractivity contribution in [1.29, 1.82) is 0 Å². The molecule has 0 aliphatic carbocycles. The number of carbonyl (C=O) groups excluding carboxylic acids is 1. The molecule has 15 heavy (non-hydrogen) atoms. The Bertz CT molecular complexity index is 377. The Labute approximate surface area is 85.3 Å². The zero-order valence-corrected chi connectivity index (χ0v) is 8.09. The zero-order valence-electron chi connectivity index (χ0n) is 8.09. The third-order valence-corrected chi connectivity index (χ3v) is 1.79. The van der Waals surface area contributed by atoms with Gasteiger partial charge in [0.05, 0.1) is 13.0 Å². The van der Waals surface area contributed by atoms with E-state index in [1.54, 1.807) is 6.92 Å². The van der Waals surface area contributed by atoms with E-state index in [2.05, 4.69) is 4.74 Å². The number of hydrogen-bond donors (Lipinski definition) is 1. The molecule has 0 heterocycles. The van der Waals surface area contributed by atoms with Gasteiger partial charge in [0.25, 0.3) is 0 Å². The Morgan fingerprint density at radius 1 is 1.47 bits per heavy atom. The number of phenols is 1. The molecule has 3 nitrogen and oxygen atoms in total. The summed E-state index contributed by atoms with van der Waals surface area (Å²) in [5, 5.41) is 8.93. The average molecular weight is 216 g/mol. The fourth-order valence-electron chi connectivity index (χ4n) is 1.09. The molecule has 0 atom stereocenters. The first-order chi connectivity index (χ1) is 7.06. The van der Waals surface area contributed by atoms with Crippen LogP contribution < -0.4 is 0 Å². The lowest BCUT2D eigenvalue weighted by Crippen LogP contribution is -2.09. The molecule has 5 heteroatoms. The van der Waals surface area contributed by atoms with E-state index in [1.165, 1.54) is 0 Å².